The molecule has 3 aromatic rings. The standard InChI is InChI=1S/C19H19N3O5/c1-3-26-19(24)17-18(22-11-7-6-10-15(22)20-17)21-16(23)12-27-14-9-5-4-8-13(14)25-2/h4-11H,3,12H2,1-2H3,(H,21,23). The van der Waals surface area contributed by atoms with Gasteiger partial charge in [0.25, 0.3) is 5.91 Å². The van der Waals surface area contributed by atoms with E-state index in [1.54, 1.807) is 60.0 Å². The molecule has 1 aromatic carbocycles. The van der Waals surface area contributed by atoms with Gasteiger partial charge in [-0.2, -0.15) is 0 Å². The number of aromatic nitrogens is 2. The Kier molecular flexibility index (Phi) is 5.55. The third-order valence-corrected chi connectivity index (χ3v) is 3.68. The van der Waals surface area contributed by atoms with E-state index in [1.165, 1.54) is 7.11 Å². The summed E-state index contributed by atoms with van der Waals surface area (Å²) < 4.78 is 17.3. The van der Waals surface area contributed by atoms with Crippen LogP contribution in [0.4, 0.5) is 5.82 Å². The molecule has 0 spiro atoms. The van der Waals surface area contributed by atoms with Crippen LogP contribution in [0.3, 0.4) is 0 Å². The van der Waals surface area contributed by atoms with Crippen LogP contribution in [0.2, 0.25) is 0 Å². The average molecular weight is 369 g/mol. The molecule has 1 N–H and O–H groups in total. The quantitative estimate of drug-likeness (QED) is 0.644. The number of fused-ring (bicyclic) bond motifs is 1. The molecule has 0 aliphatic carbocycles. The monoisotopic (exact) mass is 369 g/mol. The van der Waals surface area contributed by atoms with Crippen LogP contribution in [-0.2, 0) is 9.53 Å². The lowest BCUT2D eigenvalue weighted by molar-refractivity contribution is -0.118. The van der Waals surface area contributed by atoms with Gasteiger partial charge in [0.15, 0.2) is 29.6 Å². The van der Waals surface area contributed by atoms with Crippen molar-refractivity contribution in [2.75, 3.05) is 25.6 Å². The summed E-state index contributed by atoms with van der Waals surface area (Å²) in [6, 6.07) is 12.3. The number of amides is 1. The van der Waals surface area contributed by atoms with Crippen LogP contribution in [0.1, 0.15) is 17.4 Å². The van der Waals surface area contributed by atoms with Gasteiger partial charge in [-0.3, -0.25) is 9.20 Å². The predicted octanol–water partition coefficient (Wildman–Crippen LogP) is 2.54. The maximum Gasteiger partial charge on any atom is 0.360 e. The normalized spacial score (nSPS) is 10.4. The Balaban J connectivity index is 1.79. The fraction of sp³-hybridized carbons (Fsp3) is 0.211. The van der Waals surface area contributed by atoms with Gasteiger partial charge < -0.3 is 19.5 Å². The molecule has 0 saturated heterocycles. The molecule has 0 unspecified atom stereocenters. The van der Waals surface area contributed by atoms with Gasteiger partial charge in [-0.1, -0.05) is 18.2 Å². The number of nitrogens with one attached hydrogen (secondary N) is 1. The van der Waals surface area contributed by atoms with Crippen molar-refractivity contribution >= 4 is 23.3 Å². The van der Waals surface area contributed by atoms with Crippen LogP contribution in [0.25, 0.3) is 5.65 Å². The Morgan fingerprint density at radius 1 is 1.11 bits per heavy atom. The van der Waals surface area contributed by atoms with Crippen LogP contribution in [0, 0.1) is 0 Å². The summed E-state index contributed by atoms with van der Waals surface area (Å²) >= 11 is 0. The summed E-state index contributed by atoms with van der Waals surface area (Å²) in [5.74, 6) is 0.142. The predicted molar refractivity (Wildman–Crippen MR) is 98.3 cm³/mol. The number of anilines is 1. The summed E-state index contributed by atoms with van der Waals surface area (Å²) in [5.41, 5.74) is 0.551. The van der Waals surface area contributed by atoms with E-state index in [0.717, 1.165) is 0 Å². The third kappa shape index (κ3) is 4.00. The summed E-state index contributed by atoms with van der Waals surface area (Å²) in [4.78, 5) is 28.8. The molecule has 0 bridgehead atoms. The largest absolute Gasteiger partial charge is 0.493 e. The maximum absolute atomic E-state index is 12.4. The van der Waals surface area contributed by atoms with Crippen LogP contribution in [-0.4, -0.2) is 41.6 Å². The van der Waals surface area contributed by atoms with Crippen molar-refractivity contribution in [1.29, 1.82) is 0 Å². The van der Waals surface area contributed by atoms with E-state index in [2.05, 4.69) is 10.3 Å². The van der Waals surface area contributed by atoms with Gasteiger partial charge in [-0.05, 0) is 31.2 Å². The first-order valence-corrected chi connectivity index (χ1v) is 8.34. The molecule has 2 aromatic heterocycles. The number of carbonyl (C=O) groups excluding carboxylic acids is 2. The molecule has 2 heterocycles. The summed E-state index contributed by atoms with van der Waals surface area (Å²) in [6.45, 7) is 1.65. The summed E-state index contributed by atoms with van der Waals surface area (Å²) in [6.07, 6.45) is 1.70. The van der Waals surface area contributed by atoms with E-state index in [4.69, 9.17) is 14.2 Å². The molecular formula is C19H19N3O5. The second-order valence-corrected chi connectivity index (χ2v) is 5.45. The average Bonchev–Trinajstić information content (AvgIpc) is 3.05. The minimum Gasteiger partial charge on any atom is -0.493 e. The van der Waals surface area contributed by atoms with Crippen LogP contribution < -0.4 is 14.8 Å². The Hall–Kier alpha value is -3.55. The van der Waals surface area contributed by atoms with E-state index < -0.39 is 11.9 Å². The zero-order chi connectivity index (χ0) is 19.2. The number of nitrogens with zero attached hydrogens (tertiary/aromatic N) is 2. The molecule has 0 radical (unpaired) electrons. The van der Waals surface area contributed by atoms with Crippen molar-refractivity contribution in [3.8, 4) is 11.5 Å². The van der Waals surface area contributed by atoms with Crippen molar-refractivity contribution < 1.29 is 23.8 Å². The SMILES string of the molecule is CCOC(=O)c1nc2ccccn2c1NC(=O)COc1ccccc1OC. The van der Waals surface area contributed by atoms with Crippen LogP contribution in [0.15, 0.2) is 48.7 Å². The van der Waals surface area contributed by atoms with Crippen molar-refractivity contribution in [1.82, 2.24) is 9.38 Å². The number of pyridine rings is 1. The molecule has 1 amide bonds. The number of ether oxygens (including phenoxy) is 3. The number of imidazole rings is 1. The number of hydrogen-bond donors (Lipinski definition) is 1. The lowest BCUT2D eigenvalue weighted by Gasteiger charge is -2.11. The topological polar surface area (TPSA) is 91.2 Å². The fourth-order valence-corrected chi connectivity index (χ4v) is 2.51. The highest BCUT2D eigenvalue weighted by atomic mass is 16.5. The Labute approximate surface area is 155 Å². The minimum atomic E-state index is -0.609. The van der Waals surface area contributed by atoms with E-state index in [0.29, 0.717) is 17.1 Å². The van der Waals surface area contributed by atoms with Gasteiger partial charge in [-0.25, -0.2) is 9.78 Å². The molecule has 8 nitrogen and oxygen atoms in total. The number of carbonyl (C=O) groups is 2. The van der Waals surface area contributed by atoms with Crippen LogP contribution >= 0.6 is 0 Å². The minimum absolute atomic E-state index is 0.0358. The van der Waals surface area contributed by atoms with Gasteiger partial charge in [0.2, 0.25) is 0 Å². The van der Waals surface area contributed by atoms with Crippen molar-refractivity contribution in [2.45, 2.75) is 6.92 Å². The molecule has 0 saturated carbocycles. The summed E-state index contributed by atoms with van der Waals surface area (Å²) in [7, 11) is 1.52. The Morgan fingerprint density at radius 2 is 1.85 bits per heavy atom. The van der Waals surface area contributed by atoms with E-state index >= 15 is 0 Å². The van der Waals surface area contributed by atoms with E-state index in [9.17, 15) is 9.59 Å². The fourth-order valence-electron chi connectivity index (χ4n) is 2.51. The first kappa shape index (κ1) is 18.2. The van der Waals surface area contributed by atoms with Crippen LogP contribution in [0.5, 0.6) is 11.5 Å². The number of esters is 1. The van der Waals surface area contributed by atoms with Crippen molar-refractivity contribution in [2.24, 2.45) is 0 Å². The Morgan fingerprint density at radius 3 is 2.59 bits per heavy atom. The molecule has 3 rings (SSSR count). The third-order valence-electron chi connectivity index (χ3n) is 3.68. The van der Waals surface area contributed by atoms with Gasteiger partial charge in [0, 0.05) is 6.20 Å². The molecule has 0 aliphatic rings. The number of rotatable bonds is 7. The zero-order valence-electron chi connectivity index (χ0n) is 15.0. The number of para-hydroxylation sites is 2. The maximum atomic E-state index is 12.4. The number of benzene rings is 1. The molecule has 8 heteroatoms. The van der Waals surface area contributed by atoms with Gasteiger partial charge in [0.05, 0.1) is 13.7 Å². The second kappa shape index (κ2) is 8.22. The second-order valence-electron chi connectivity index (χ2n) is 5.45. The Bertz CT molecular complexity index is 967. The lowest BCUT2D eigenvalue weighted by atomic mass is 10.3. The van der Waals surface area contributed by atoms with Gasteiger partial charge in [0.1, 0.15) is 5.65 Å². The van der Waals surface area contributed by atoms with Crippen molar-refractivity contribution in [3.05, 3.63) is 54.4 Å². The van der Waals surface area contributed by atoms with Crippen molar-refractivity contribution in [3.63, 3.8) is 0 Å². The molecule has 27 heavy (non-hydrogen) atoms. The molecule has 0 aliphatic heterocycles. The molecule has 0 fully saturated rings. The first-order valence-electron chi connectivity index (χ1n) is 8.34. The highest BCUT2D eigenvalue weighted by molar-refractivity contribution is 6.00. The summed E-state index contributed by atoms with van der Waals surface area (Å²) in [5, 5.41) is 2.68. The number of methoxy groups -OCH3 is 1. The highest BCUT2D eigenvalue weighted by Gasteiger charge is 2.22. The van der Waals surface area contributed by atoms with E-state index in [-0.39, 0.29) is 24.7 Å². The first-order chi connectivity index (χ1) is 13.1. The molecule has 140 valence electrons. The van der Waals surface area contributed by atoms with Gasteiger partial charge >= 0.3 is 5.97 Å². The molecule has 0 atom stereocenters. The smallest absolute Gasteiger partial charge is 0.360 e. The molecular weight excluding hydrogens is 350 g/mol. The highest BCUT2D eigenvalue weighted by Crippen LogP contribution is 2.26. The lowest BCUT2D eigenvalue weighted by Crippen LogP contribution is -2.22. The zero-order valence-corrected chi connectivity index (χ0v) is 15.0. The number of hydrogen-bond acceptors (Lipinski definition) is 6. The van der Waals surface area contributed by atoms with Gasteiger partial charge in [-0.15, -0.1) is 0 Å². The van der Waals surface area contributed by atoms with E-state index in [1.807, 2.05) is 0 Å².